The molecule has 0 saturated heterocycles. The molecule has 1 saturated carbocycles. The molecule has 0 amide bonds. The van der Waals surface area contributed by atoms with E-state index in [9.17, 15) is 15.2 Å². The first-order valence-electron chi connectivity index (χ1n) is 7.12. The monoisotopic (exact) mass is 279 g/mol. The first-order chi connectivity index (χ1) is 9.56. The molecule has 20 heavy (non-hydrogen) atoms. The molecule has 2 rings (SSSR count). The van der Waals surface area contributed by atoms with Gasteiger partial charge in [-0.2, -0.15) is 0 Å². The van der Waals surface area contributed by atoms with Crippen LogP contribution >= 0.6 is 0 Å². The van der Waals surface area contributed by atoms with E-state index in [0.717, 1.165) is 6.42 Å². The standard InChI is InChI=1S/C15H21NO4/c1-11-8-14(6-7-15(11)16(18)19)20-10-13(17)9-12-4-2-3-5-12/h6-8,12-13,17H,2-5,9-10H2,1H3. The van der Waals surface area contributed by atoms with E-state index in [1.165, 1.54) is 31.7 Å². The van der Waals surface area contributed by atoms with E-state index >= 15 is 0 Å². The van der Waals surface area contributed by atoms with Crippen molar-refractivity contribution in [1.82, 2.24) is 0 Å². The maximum atomic E-state index is 10.7. The van der Waals surface area contributed by atoms with E-state index in [2.05, 4.69) is 0 Å². The Morgan fingerprint density at radius 2 is 2.15 bits per heavy atom. The molecule has 0 heterocycles. The third-order valence-electron chi connectivity index (χ3n) is 3.89. The Morgan fingerprint density at radius 3 is 2.75 bits per heavy atom. The van der Waals surface area contributed by atoms with Gasteiger partial charge in [-0.05, 0) is 31.4 Å². The molecule has 0 radical (unpaired) electrons. The van der Waals surface area contributed by atoms with Crippen molar-refractivity contribution in [2.24, 2.45) is 5.92 Å². The van der Waals surface area contributed by atoms with E-state index in [4.69, 9.17) is 4.74 Å². The molecular weight excluding hydrogens is 258 g/mol. The van der Waals surface area contributed by atoms with Crippen molar-refractivity contribution in [1.29, 1.82) is 0 Å². The highest BCUT2D eigenvalue weighted by molar-refractivity contribution is 5.44. The quantitative estimate of drug-likeness (QED) is 0.641. The van der Waals surface area contributed by atoms with Crippen molar-refractivity contribution in [3.63, 3.8) is 0 Å². The smallest absolute Gasteiger partial charge is 0.272 e. The normalized spacial score (nSPS) is 17.1. The van der Waals surface area contributed by atoms with Gasteiger partial charge >= 0.3 is 0 Å². The van der Waals surface area contributed by atoms with E-state index in [0.29, 0.717) is 17.2 Å². The summed E-state index contributed by atoms with van der Waals surface area (Å²) < 4.78 is 5.52. The van der Waals surface area contributed by atoms with Crippen LogP contribution < -0.4 is 4.74 Å². The minimum absolute atomic E-state index is 0.0869. The highest BCUT2D eigenvalue weighted by atomic mass is 16.6. The molecule has 1 aliphatic rings. The first-order valence-corrected chi connectivity index (χ1v) is 7.12. The summed E-state index contributed by atoms with van der Waals surface area (Å²) in [6.45, 7) is 1.92. The van der Waals surface area contributed by atoms with Crippen LogP contribution in [0, 0.1) is 23.0 Å². The van der Waals surface area contributed by atoms with Crippen LogP contribution in [0.3, 0.4) is 0 Å². The van der Waals surface area contributed by atoms with Crippen molar-refractivity contribution in [2.45, 2.75) is 45.1 Å². The SMILES string of the molecule is Cc1cc(OCC(O)CC2CCCC2)ccc1[N+](=O)[O-]. The van der Waals surface area contributed by atoms with Crippen LogP contribution in [0.25, 0.3) is 0 Å². The van der Waals surface area contributed by atoms with Gasteiger partial charge in [0.15, 0.2) is 0 Å². The Bertz CT molecular complexity index is 469. The number of nitro groups is 1. The number of aryl methyl sites for hydroxylation is 1. The average Bonchev–Trinajstić information content (AvgIpc) is 2.89. The van der Waals surface area contributed by atoms with Gasteiger partial charge < -0.3 is 9.84 Å². The zero-order valence-corrected chi connectivity index (χ0v) is 11.7. The lowest BCUT2D eigenvalue weighted by Gasteiger charge is -2.16. The second-order valence-corrected chi connectivity index (χ2v) is 5.56. The highest BCUT2D eigenvalue weighted by Crippen LogP contribution is 2.29. The van der Waals surface area contributed by atoms with Crippen molar-refractivity contribution in [3.8, 4) is 5.75 Å². The van der Waals surface area contributed by atoms with Crippen LogP contribution in [-0.4, -0.2) is 22.7 Å². The summed E-state index contributed by atoms with van der Waals surface area (Å²) in [5.74, 6) is 1.19. The van der Waals surface area contributed by atoms with Crippen LogP contribution in [0.1, 0.15) is 37.7 Å². The number of rotatable bonds is 6. The molecule has 0 bridgehead atoms. The molecule has 1 N–H and O–H groups in total. The third-order valence-corrected chi connectivity index (χ3v) is 3.89. The van der Waals surface area contributed by atoms with Crippen LogP contribution in [0.4, 0.5) is 5.69 Å². The van der Waals surface area contributed by atoms with Crippen molar-refractivity contribution in [3.05, 3.63) is 33.9 Å². The molecule has 1 atom stereocenters. The molecule has 1 fully saturated rings. The topological polar surface area (TPSA) is 72.6 Å². The van der Waals surface area contributed by atoms with Crippen LogP contribution in [0.2, 0.25) is 0 Å². The Kier molecular flexibility index (Phi) is 4.95. The highest BCUT2D eigenvalue weighted by Gasteiger charge is 2.19. The van der Waals surface area contributed by atoms with Crippen molar-refractivity contribution >= 4 is 5.69 Å². The molecule has 5 heteroatoms. The van der Waals surface area contributed by atoms with Gasteiger partial charge in [-0.3, -0.25) is 10.1 Å². The number of nitrogens with zero attached hydrogens (tertiary/aromatic N) is 1. The number of ether oxygens (including phenoxy) is 1. The molecule has 1 unspecified atom stereocenters. The van der Waals surface area contributed by atoms with E-state index in [-0.39, 0.29) is 12.3 Å². The summed E-state index contributed by atoms with van der Waals surface area (Å²) in [7, 11) is 0. The molecule has 0 aliphatic heterocycles. The molecule has 1 aromatic rings. The zero-order valence-electron chi connectivity index (χ0n) is 11.7. The molecule has 0 aromatic heterocycles. The Labute approximate surface area is 118 Å². The third kappa shape index (κ3) is 3.93. The Morgan fingerprint density at radius 1 is 1.45 bits per heavy atom. The minimum Gasteiger partial charge on any atom is -0.491 e. The van der Waals surface area contributed by atoms with Crippen molar-refractivity contribution < 1.29 is 14.8 Å². The molecule has 1 aromatic carbocycles. The molecule has 110 valence electrons. The van der Waals surface area contributed by atoms with E-state index in [1.54, 1.807) is 19.1 Å². The number of hydrogen-bond acceptors (Lipinski definition) is 4. The average molecular weight is 279 g/mol. The molecular formula is C15H21NO4. The Balaban J connectivity index is 1.84. The van der Waals surface area contributed by atoms with Crippen LogP contribution in [0.15, 0.2) is 18.2 Å². The largest absolute Gasteiger partial charge is 0.491 e. The Hall–Kier alpha value is -1.62. The lowest BCUT2D eigenvalue weighted by Crippen LogP contribution is -2.20. The number of benzene rings is 1. The predicted molar refractivity (Wildman–Crippen MR) is 75.9 cm³/mol. The summed E-state index contributed by atoms with van der Waals surface area (Å²) in [6, 6.07) is 4.65. The van der Waals surface area contributed by atoms with E-state index < -0.39 is 11.0 Å². The molecule has 0 spiro atoms. The number of nitro benzene ring substituents is 1. The van der Waals surface area contributed by atoms with E-state index in [1.807, 2.05) is 0 Å². The predicted octanol–water partition coefficient (Wildman–Crippen LogP) is 3.22. The summed E-state index contributed by atoms with van der Waals surface area (Å²) in [5, 5.41) is 20.7. The van der Waals surface area contributed by atoms with Crippen LogP contribution in [0.5, 0.6) is 5.75 Å². The number of aliphatic hydroxyl groups is 1. The number of hydrogen-bond donors (Lipinski definition) is 1. The summed E-state index contributed by atoms with van der Waals surface area (Å²) in [6.07, 6.45) is 5.25. The summed E-state index contributed by atoms with van der Waals surface area (Å²) >= 11 is 0. The van der Waals surface area contributed by atoms with Gasteiger partial charge in [-0.25, -0.2) is 0 Å². The van der Waals surface area contributed by atoms with Gasteiger partial charge in [0.05, 0.1) is 11.0 Å². The zero-order chi connectivity index (χ0) is 14.5. The lowest BCUT2D eigenvalue weighted by atomic mass is 10.0. The fourth-order valence-corrected chi connectivity index (χ4v) is 2.81. The second-order valence-electron chi connectivity index (χ2n) is 5.56. The second kappa shape index (κ2) is 6.70. The molecule has 5 nitrogen and oxygen atoms in total. The van der Waals surface area contributed by atoms with Crippen molar-refractivity contribution in [2.75, 3.05) is 6.61 Å². The van der Waals surface area contributed by atoms with Gasteiger partial charge in [0.25, 0.3) is 5.69 Å². The van der Waals surface area contributed by atoms with Crippen LogP contribution in [-0.2, 0) is 0 Å². The fourth-order valence-electron chi connectivity index (χ4n) is 2.81. The summed E-state index contributed by atoms with van der Waals surface area (Å²) in [5.41, 5.74) is 0.654. The molecule has 1 aliphatic carbocycles. The fraction of sp³-hybridized carbons (Fsp3) is 0.600. The lowest BCUT2D eigenvalue weighted by molar-refractivity contribution is -0.385. The minimum atomic E-state index is -0.464. The first kappa shape index (κ1) is 14.8. The van der Waals surface area contributed by atoms with Gasteiger partial charge in [-0.15, -0.1) is 0 Å². The van der Waals surface area contributed by atoms with Gasteiger partial charge in [0.2, 0.25) is 0 Å². The van der Waals surface area contributed by atoms with Gasteiger partial charge in [0.1, 0.15) is 12.4 Å². The van der Waals surface area contributed by atoms with Gasteiger partial charge in [-0.1, -0.05) is 25.7 Å². The van der Waals surface area contributed by atoms with Gasteiger partial charge in [0, 0.05) is 11.6 Å². The maximum absolute atomic E-state index is 10.7. The number of aliphatic hydroxyl groups excluding tert-OH is 1. The summed E-state index contributed by atoms with van der Waals surface area (Å²) in [4.78, 5) is 10.3. The maximum Gasteiger partial charge on any atom is 0.272 e.